The number of rotatable bonds is 3. The molecule has 1 amide bonds. The summed E-state index contributed by atoms with van der Waals surface area (Å²) in [6.07, 6.45) is 3.69. The molecule has 1 aromatic heterocycles. The van der Waals surface area contributed by atoms with E-state index in [9.17, 15) is 9.90 Å². The molecular weight excluding hydrogens is 362 g/mol. The van der Waals surface area contributed by atoms with E-state index in [0.29, 0.717) is 11.5 Å². The predicted octanol–water partition coefficient (Wildman–Crippen LogP) is 4.70. The van der Waals surface area contributed by atoms with Crippen molar-refractivity contribution in [1.82, 2.24) is 14.9 Å². The van der Waals surface area contributed by atoms with Crippen LogP contribution in [0.3, 0.4) is 0 Å². The summed E-state index contributed by atoms with van der Waals surface area (Å²) in [7, 11) is 0. The predicted molar refractivity (Wildman–Crippen MR) is 114 cm³/mol. The molecule has 29 heavy (non-hydrogen) atoms. The third-order valence-electron chi connectivity index (χ3n) is 5.66. The highest BCUT2D eigenvalue weighted by Gasteiger charge is 2.21. The molecule has 0 unspecified atom stereocenters. The van der Waals surface area contributed by atoms with Gasteiger partial charge in [-0.25, -0.2) is 9.97 Å². The molecule has 2 aromatic carbocycles. The van der Waals surface area contributed by atoms with Crippen LogP contribution in [0, 0.1) is 12.8 Å². The minimum absolute atomic E-state index is 0.103. The zero-order chi connectivity index (χ0) is 20.4. The number of hydrogen-bond donors (Lipinski definition) is 1. The Labute approximate surface area is 171 Å². The van der Waals surface area contributed by atoms with Gasteiger partial charge in [0, 0.05) is 29.8 Å². The van der Waals surface area contributed by atoms with Crippen LogP contribution in [0.1, 0.15) is 35.7 Å². The van der Waals surface area contributed by atoms with Crippen LogP contribution in [0.4, 0.5) is 0 Å². The lowest BCUT2D eigenvalue weighted by Gasteiger charge is -2.30. The van der Waals surface area contributed by atoms with E-state index in [1.165, 1.54) is 0 Å². The van der Waals surface area contributed by atoms with Crippen molar-refractivity contribution in [3.8, 4) is 28.3 Å². The van der Waals surface area contributed by atoms with Gasteiger partial charge in [-0.1, -0.05) is 19.1 Å². The van der Waals surface area contributed by atoms with Crippen molar-refractivity contribution in [2.24, 2.45) is 5.92 Å². The third-order valence-corrected chi connectivity index (χ3v) is 5.66. The number of piperidine rings is 1. The normalized spacial score (nSPS) is 14.8. The van der Waals surface area contributed by atoms with Gasteiger partial charge in [-0.3, -0.25) is 4.79 Å². The quantitative estimate of drug-likeness (QED) is 0.708. The van der Waals surface area contributed by atoms with Crippen molar-refractivity contribution in [1.29, 1.82) is 0 Å². The third kappa shape index (κ3) is 4.14. The largest absolute Gasteiger partial charge is 0.508 e. The minimum Gasteiger partial charge on any atom is -0.508 e. The Hall–Kier alpha value is -3.21. The van der Waals surface area contributed by atoms with Gasteiger partial charge in [-0.05, 0) is 67.6 Å². The van der Waals surface area contributed by atoms with E-state index in [4.69, 9.17) is 0 Å². The van der Waals surface area contributed by atoms with Gasteiger partial charge in [0.2, 0.25) is 0 Å². The van der Waals surface area contributed by atoms with E-state index >= 15 is 0 Å². The van der Waals surface area contributed by atoms with Crippen LogP contribution in [0.2, 0.25) is 0 Å². The summed E-state index contributed by atoms with van der Waals surface area (Å²) >= 11 is 0. The van der Waals surface area contributed by atoms with Crippen LogP contribution in [0.5, 0.6) is 5.75 Å². The Balaban J connectivity index is 1.55. The molecule has 148 valence electrons. The van der Waals surface area contributed by atoms with Crippen LogP contribution >= 0.6 is 0 Å². The maximum atomic E-state index is 12.7. The molecule has 0 spiro atoms. The fourth-order valence-electron chi connectivity index (χ4n) is 3.67. The van der Waals surface area contributed by atoms with E-state index < -0.39 is 0 Å². The molecular formula is C24H25N3O2. The van der Waals surface area contributed by atoms with E-state index in [1.807, 2.05) is 54.3 Å². The van der Waals surface area contributed by atoms with E-state index in [-0.39, 0.29) is 11.7 Å². The van der Waals surface area contributed by atoms with Crippen molar-refractivity contribution < 1.29 is 9.90 Å². The second kappa shape index (κ2) is 8.03. The topological polar surface area (TPSA) is 66.3 Å². The smallest absolute Gasteiger partial charge is 0.253 e. The van der Waals surface area contributed by atoms with Crippen LogP contribution in [0.15, 0.2) is 54.9 Å². The van der Waals surface area contributed by atoms with Crippen LogP contribution in [-0.2, 0) is 0 Å². The fourth-order valence-corrected chi connectivity index (χ4v) is 3.67. The molecule has 1 aliphatic rings. The van der Waals surface area contributed by atoms with Crippen LogP contribution in [-0.4, -0.2) is 39.0 Å². The van der Waals surface area contributed by atoms with Gasteiger partial charge >= 0.3 is 0 Å². The number of aromatic nitrogens is 2. The molecule has 0 aliphatic carbocycles. The first-order valence-corrected chi connectivity index (χ1v) is 10.0. The molecule has 0 saturated carbocycles. The Morgan fingerprint density at radius 1 is 0.966 bits per heavy atom. The number of hydrogen-bond acceptors (Lipinski definition) is 4. The molecule has 1 N–H and O–H groups in total. The molecule has 5 heteroatoms. The summed E-state index contributed by atoms with van der Waals surface area (Å²) in [5, 5.41) is 9.74. The number of benzene rings is 2. The lowest BCUT2D eigenvalue weighted by atomic mass is 9.98. The zero-order valence-electron chi connectivity index (χ0n) is 16.8. The maximum absolute atomic E-state index is 12.7. The Morgan fingerprint density at radius 2 is 1.59 bits per heavy atom. The number of aryl methyl sites for hydroxylation is 1. The van der Waals surface area contributed by atoms with Crippen molar-refractivity contribution in [2.75, 3.05) is 13.1 Å². The second-order valence-electron chi connectivity index (χ2n) is 7.84. The highest BCUT2D eigenvalue weighted by atomic mass is 16.3. The molecule has 0 radical (unpaired) electrons. The lowest BCUT2D eigenvalue weighted by molar-refractivity contribution is 0.0697. The van der Waals surface area contributed by atoms with Gasteiger partial charge < -0.3 is 10.0 Å². The van der Waals surface area contributed by atoms with E-state index in [2.05, 4.69) is 16.9 Å². The fraction of sp³-hybridized carbons (Fsp3) is 0.292. The Morgan fingerprint density at radius 3 is 2.24 bits per heavy atom. The van der Waals surface area contributed by atoms with Crippen molar-refractivity contribution >= 4 is 5.91 Å². The molecule has 2 heterocycles. The minimum atomic E-state index is 0.103. The summed E-state index contributed by atoms with van der Waals surface area (Å²) in [5.41, 5.74) is 4.97. The number of carbonyl (C=O) groups excluding carboxylic acids is 1. The van der Waals surface area contributed by atoms with Gasteiger partial charge in [0.25, 0.3) is 5.91 Å². The molecule has 1 aliphatic heterocycles. The summed E-state index contributed by atoms with van der Waals surface area (Å²) < 4.78 is 0. The van der Waals surface area contributed by atoms with Gasteiger partial charge in [0.05, 0.1) is 11.4 Å². The number of nitrogens with zero attached hydrogens (tertiary/aromatic N) is 3. The monoisotopic (exact) mass is 387 g/mol. The van der Waals surface area contributed by atoms with Gasteiger partial charge in [0.15, 0.2) is 0 Å². The molecule has 3 aromatic rings. The first kappa shape index (κ1) is 19.1. The van der Waals surface area contributed by atoms with Gasteiger partial charge in [-0.15, -0.1) is 0 Å². The van der Waals surface area contributed by atoms with Gasteiger partial charge in [0.1, 0.15) is 12.1 Å². The number of phenolic OH excluding ortho intramolecular Hbond substituents is 1. The first-order chi connectivity index (χ1) is 14.0. The van der Waals surface area contributed by atoms with Crippen LogP contribution < -0.4 is 0 Å². The first-order valence-electron chi connectivity index (χ1n) is 10.0. The Kier molecular flexibility index (Phi) is 5.30. The van der Waals surface area contributed by atoms with Crippen molar-refractivity contribution in [3.63, 3.8) is 0 Å². The summed E-state index contributed by atoms with van der Waals surface area (Å²) in [6, 6.07) is 15.0. The number of phenols is 1. The SMILES string of the molecule is Cc1cc(-c2cc(-c3ccc(C(=O)N4CCC(C)CC4)cc3)ncn2)ccc1O. The maximum Gasteiger partial charge on any atom is 0.253 e. The van der Waals surface area contributed by atoms with Crippen molar-refractivity contribution in [3.05, 3.63) is 66.0 Å². The average molecular weight is 387 g/mol. The highest BCUT2D eigenvalue weighted by molar-refractivity contribution is 5.94. The molecule has 0 bridgehead atoms. The molecule has 5 nitrogen and oxygen atoms in total. The zero-order valence-corrected chi connectivity index (χ0v) is 16.8. The number of aromatic hydroxyl groups is 1. The molecule has 0 atom stereocenters. The number of likely N-dealkylation sites (tertiary alicyclic amines) is 1. The highest BCUT2D eigenvalue weighted by Crippen LogP contribution is 2.27. The van der Waals surface area contributed by atoms with Crippen molar-refractivity contribution in [2.45, 2.75) is 26.7 Å². The van der Waals surface area contributed by atoms with Crippen LogP contribution in [0.25, 0.3) is 22.5 Å². The molecule has 1 fully saturated rings. The molecule has 4 rings (SSSR count). The molecule has 1 saturated heterocycles. The van der Waals surface area contributed by atoms with E-state index in [0.717, 1.165) is 54.0 Å². The number of carbonyl (C=O) groups is 1. The van der Waals surface area contributed by atoms with Gasteiger partial charge in [-0.2, -0.15) is 0 Å². The van der Waals surface area contributed by atoms with E-state index in [1.54, 1.807) is 12.4 Å². The summed E-state index contributed by atoms with van der Waals surface area (Å²) in [5.74, 6) is 1.07. The lowest BCUT2D eigenvalue weighted by Crippen LogP contribution is -2.37. The average Bonchev–Trinajstić information content (AvgIpc) is 2.76. The summed E-state index contributed by atoms with van der Waals surface area (Å²) in [4.78, 5) is 23.4. The number of amides is 1. The summed E-state index contributed by atoms with van der Waals surface area (Å²) in [6.45, 7) is 5.78. The Bertz CT molecular complexity index is 1020. The second-order valence-corrected chi connectivity index (χ2v) is 7.84. The standard InChI is InChI=1S/C24H25N3O2/c1-16-9-11-27(12-10-16)24(29)19-5-3-18(4-6-19)21-14-22(26-15-25-21)20-7-8-23(28)17(2)13-20/h3-8,13-16,28H,9-12H2,1-2H3.